The Bertz CT molecular complexity index is 309. The van der Waals surface area contributed by atoms with Gasteiger partial charge in [0.2, 0.25) is 0 Å². The molecule has 4 heteroatoms. The average molecular weight is 239 g/mol. The lowest BCUT2D eigenvalue weighted by Crippen LogP contribution is -2.39. The summed E-state index contributed by atoms with van der Waals surface area (Å²) < 4.78 is 10.3. The molecule has 1 aromatic rings. The Balaban J connectivity index is 2.43. The Morgan fingerprint density at radius 1 is 1.12 bits per heavy atom. The summed E-state index contributed by atoms with van der Waals surface area (Å²) in [7, 11) is 3.25. The second-order valence-electron chi connectivity index (χ2n) is 3.98. The fraction of sp³-hybridized carbons (Fsp3) is 0.538. The van der Waals surface area contributed by atoms with Crippen molar-refractivity contribution >= 4 is 0 Å². The van der Waals surface area contributed by atoms with Gasteiger partial charge in [-0.05, 0) is 18.1 Å². The Hall–Kier alpha value is -0.940. The summed E-state index contributed by atoms with van der Waals surface area (Å²) in [5.74, 6) is 0. The fourth-order valence-electron chi connectivity index (χ4n) is 1.64. The molecule has 0 radical (unpaired) electrons. The molecule has 0 amide bonds. The molecule has 17 heavy (non-hydrogen) atoms. The number of methoxy groups -OCH3 is 2. The van der Waals surface area contributed by atoms with Gasteiger partial charge >= 0.3 is 0 Å². The van der Waals surface area contributed by atoms with E-state index in [-0.39, 0.29) is 18.9 Å². The number of ether oxygens (including phenoxy) is 2. The molecule has 0 saturated heterocycles. The van der Waals surface area contributed by atoms with Crippen molar-refractivity contribution in [3.8, 4) is 0 Å². The lowest BCUT2D eigenvalue weighted by atomic mass is 10.1. The minimum Gasteiger partial charge on any atom is -0.392 e. The van der Waals surface area contributed by atoms with Crippen molar-refractivity contribution in [2.75, 3.05) is 14.2 Å². The average Bonchev–Trinajstić information content (AvgIpc) is 2.38. The number of benzene rings is 1. The Kier molecular flexibility index (Phi) is 6.15. The quantitative estimate of drug-likeness (QED) is 0.704. The summed E-state index contributed by atoms with van der Waals surface area (Å²) in [6, 6.07) is 7.96. The lowest BCUT2D eigenvalue weighted by Gasteiger charge is -2.22. The monoisotopic (exact) mass is 239 g/mol. The van der Waals surface area contributed by atoms with Gasteiger partial charge in [-0.25, -0.2) is 0 Å². The van der Waals surface area contributed by atoms with Crippen LogP contribution in [-0.4, -0.2) is 31.7 Å². The number of nitrogens with one attached hydrogen (secondary N) is 1. The minimum atomic E-state index is -0.244. The molecule has 0 fully saturated rings. The summed E-state index contributed by atoms with van der Waals surface area (Å²) in [4.78, 5) is 0. The number of hydrogen-bond acceptors (Lipinski definition) is 4. The third kappa shape index (κ3) is 4.44. The first-order chi connectivity index (χ1) is 8.21. The fourth-order valence-corrected chi connectivity index (χ4v) is 1.64. The zero-order valence-electron chi connectivity index (χ0n) is 10.6. The zero-order valence-corrected chi connectivity index (χ0v) is 10.6. The van der Waals surface area contributed by atoms with Crippen LogP contribution < -0.4 is 5.32 Å². The smallest absolute Gasteiger partial charge is 0.171 e. The van der Waals surface area contributed by atoms with E-state index in [2.05, 4.69) is 5.32 Å². The van der Waals surface area contributed by atoms with E-state index in [4.69, 9.17) is 14.6 Å². The summed E-state index contributed by atoms with van der Waals surface area (Å²) in [5.41, 5.74) is 2.09. The van der Waals surface area contributed by atoms with Crippen molar-refractivity contribution in [3.05, 3.63) is 35.4 Å². The highest BCUT2D eigenvalue weighted by Crippen LogP contribution is 2.05. The van der Waals surface area contributed by atoms with Gasteiger partial charge in [-0.3, -0.25) is 0 Å². The minimum absolute atomic E-state index is 0.0829. The van der Waals surface area contributed by atoms with Gasteiger partial charge in [-0.2, -0.15) is 0 Å². The SMILES string of the molecule is COC(OC)C(C)NCc1ccc(CO)cc1. The molecule has 1 aromatic carbocycles. The second kappa shape index (κ2) is 7.40. The van der Waals surface area contributed by atoms with Gasteiger partial charge < -0.3 is 19.9 Å². The first-order valence-corrected chi connectivity index (χ1v) is 5.69. The molecule has 0 aliphatic carbocycles. The Morgan fingerprint density at radius 3 is 2.12 bits per heavy atom. The van der Waals surface area contributed by atoms with E-state index in [1.807, 2.05) is 31.2 Å². The van der Waals surface area contributed by atoms with Crippen molar-refractivity contribution in [1.29, 1.82) is 0 Å². The van der Waals surface area contributed by atoms with E-state index in [0.717, 1.165) is 12.1 Å². The maximum atomic E-state index is 8.93. The van der Waals surface area contributed by atoms with Crippen LogP contribution in [0, 0.1) is 0 Å². The molecule has 1 atom stereocenters. The predicted octanol–water partition coefficient (Wildman–Crippen LogP) is 1.28. The summed E-state index contributed by atoms with van der Waals surface area (Å²) >= 11 is 0. The molecule has 0 aromatic heterocycles. The predicted molar refractivity (Wildman–Crippen MR) is 66.5 cm³/mol. The number of rotatable bonds is 7. The third-order valence-corrected chi connectivity index (χ3v) is 2.71. The molecular formula is C13H21NO3. The molecule has 1 unspecified atom stereocenters. The number of aliphatic hydroxyl groups excluding tert-OH is 1. The van der Waals surface area contributed by atoms with Crippen LogP contribution in [0.5, 0.6) is 0 Å². The van der Waals surface area contributed by atoms with Crippen molar-refractivity contribution < 1.29 is 14.6 Å². The van der Waals surface area contributed by atoms with E-state index in [0.29, 0.717) is 0 Å². The van der Waals surface area contributed by atoms with E-state index >= 15 is 0 Å². The number of aliphatic hydroxyl groups is 1. The molecule has 0 spiro atoms. The highest BCUT2D eigenvalue weighted by molar-refractivity contribution is 5.21. The largest absolute Gasteiger partial charge is 0.392 e. The summed E-state index contributed by atoms with van der Waals surface area (Å²) in [5, 5.41) is 12.3. The molecule has 0 aliphatic rings. The first kappa shape index (κ1) is 14.1. The summed E-state index contributed by atoms with van der Waals surface area (Å²) in [6.07, 6.45) is -0.244. The van der Waals surface area contributed by atoms with E-state index in [1.165, 1.54) is 5.56 Å². The van der Waals surface area contributed by atoms with Gasteiger partial charge in [-0.15, -0.1) is 0 Å². The van der Waals surface area contributed by atoms with Crippen molar-refractivity contribution in [1.82, 2.24) is 5.32 Å². The molecule has 4 nitrogen and oxygen atoms in total. The van der Waals surface area contributed by atoms with Gasteiger partial charge in [0.1, 0.15) is 0 Å². The molecule has 0 bridgehead atoms. The second-order valence-corrected chi connectivity index (χ2v) is 3.98. The summed E-state index contributed by atoms with van der Waals surface area (Å²) in [6.45, 7) is 2.84. The molecule has 2 N–H and O–H groups in total. The van der Waals surface area contributed by atoms with E-state index in [9.17, 15) is 0 Å². The molecular weight excluding hydrogens is 218 g/mol. The Labute approximate surface area is 103 Å². The van der Waals surface area contributed by atoms with Crippen molar-refractivity contribution in [2.45, 2.75) is 32.4 Å². The molecule has 0 aliphatic heterocycles. The third-order valence-electron chi connectivity index (χ3n) is 2.71. The van der Waals surface area contributed by atoms with Gasteiger partial charge in [0.05, 0.1) is 12.6 Å². The van der Waals surface area contributed by atoms with Gasteiger partial charge in [0.25, 0.3) is 0 Å². The highest BCUT2D eigenvalue weighted by Gasteiger charge is 2.14. The Morgan fingerprint density at radius 2 is 1.65 bits per heavy atom. The van der Waals surface area contributed by atoms with Crippen molar-refractivity contribution in [2.24, 2.45) is 0 Å². The van der Waals surface area contributed by atoms with Crippen LogP contribution in [0.2, 0.25) is 0 Å². The maximum absolute atomic E-state index is 8.93. The lowest BCUT2D eigenvalue weighted by molar-refractivity contribution is -0.119. The van der Waals surface area contributed by atoms with E-state index < -0.39 is 0 Å². The van der Waals surface area contributed by atoms with Gasteiger partial charge in [0, 0.05) is 20.8 Å². The van der Waals surface area contributed by atoms with Crippen LogP contribution in [0.4, 0.5) is 0 Å². The van der Waals surface area contributed by atoms with Crippen LogP contribution in [0.1, 0.15) is 18.1 Å². The van der Waals surface area contributed by atoms with Crippen LogP contribution >= 0.6 is 0 Å². The van der Waals surface area contributed by atoms with Gasteiger partial charge in [-0.1, -0.05) is 24.3 Å². The van der Waals surface area contributed by atoms with Crippen LogP contribution in [0.15, 0.2) is 24.3 Å². The van der Waals surface area contributed by atoms with Gasteiger partial charge in [0.15, 0.2) is 6.29 Å². The van der Waals surface area contributed by atoms with Crippen LogP contribution in [0.25, 0.3) is 0 Å². The van der Waals surface area contributed by atoms with Crippen LogP contribution in [0.3, 0.4) is 0 Å². The highest BCUT2D eigenvalue weighted by atomic mass is 16.7. The molecule has 0 saturated carbocycles. The first-order valence-electron chi connectivity index (χ1n) is 5.69. The topological polar surface area (TPSA) is 50.7 Å². The molecule has 1 rings (SSSR count). The standard InChI is InChI=1S/C13H21NO3/c1-10(13(16-2)17-3)14-8-11-4-6-12(9-15)7-5-11/h4-7,10,13-15H,8-9H2,1-3H3. The molecule has 96 valence electrons. The van der Waals surface area contributed by atoms with Crippen LogP contribution in [-0.2, 0) is 22.6 Å². The molecule has 0 heterocycles. The van der Waals surface area contributed by atoms with Crippen molar-refractivity contribution in [3.63, 3.8) is 0 Å². The maximum Gasteiger partial charge on any atom is 0.171 e. The zero-order chi connectivity index (χ0) is 12.7. The normalized spacial score (nSPS) is 13.0. The number of hydrogen-bond donors (Lipinski definition) is 2. The van der Waals surface area contributed by atoms with E-state index in [1.54, 1.807) is 14.2 Å².